The van der Waals surface area contributed by atoms with Crippen molar-refractivity contribution in [3.8, 4) is 5.75 Å². The van der Waals surface area contributed by atoms with E-state index in [2.05, 4.69) is 10.2 Å². The molecule has 0 saturated carbocycles. The predicted octanol–water partition coefficient (Wildman–Crippen LogP) is 5.27. The van der Waals surface area contributed by atoms with E-state index in [1.165, 1.54) is 24.3 Å². The predicted molar refractivity (Wildman–Crippen MR) is 110 cm³/mol. The SMILES string of the molecule is O=[N+]([O-])c1ccc2c(N=Nc3c(O)ccc4ccccc34)ccc(S(=O)(=O)O)c2c1.[Cr]. The van der Waals surface area contributed by atoms with E-state index in [0.717, 1.165) is 17.5 Å². The van der Waals surface area contributed by atoms with Crippen LogP contribution in [-0.2, 0) is 27.5 Å². The molecule has 2 N–H and O–H groups in total. The molecule has 0 saturated heterocycles. The van der Waals surface area contributed by atoms with Gasteiger partial charge in [0.15, 0.2) is 0 Å². The monoisotopic (exact) mass is 475 g/mol. The van der Waals surface area contributed by atoms with Crippen LogP contribution in [0.2, 0.25) is 0 Å². The minimum Gasteiger partial charge on any atom is -0.506 e. The number of fused-ring (bicyclic) bond motifs is 2. The van der Waals surface area contributed by atoms with E-state index in [1.54, 1.807) is 18.2 Å². The first-order valence-corrected chi connectivity index (χ1v) is 10.0. The summed E-state index contributed by atoms with van der Waals surface area (Å²) in [6.45, 7) is 0. The molecule has 0 radical (unpaired) electrons. The third-order valence-electron chi connectivity index (χ3n) is 4.56. The van der Waals surface area contributed by atoms with Gasteiger partial charge in [-0.3, -0.25) is 14.7 Å². The topological polar surface area (TPSA) is 142 Å². The van der Waals surface area contributed by atoms with Gasteiger partial charge >= 0.3 is 0 Å². The van der Waals surface area contributed by atoms with Crippen LogP contribution in [0.4, 0.5) is 17.1 Å². The Kier molecular flexibility index (Phi) is 6.06. The Morgan fingerprint density at radius 2 is 1.61 bits per heavy atom. The first-order chi connectivity index (χ1) is 14.3. The molecule has 0 atom stereocenters. The molecule has 31 heavy (non-hydrogen) atoms. The summed E-state index contributed by atoms with van der Waals surface area (Å²) < 4.78 is 32.9. The average molecular weight is 475 g/mol. The Bertz CT molecular complexity index is 1470. The Labute approximate surface area is 186 Å². The minimum atomic E-state index is -4.63. The molecule has 0 aliphatic carbocycles. The molecule has 156 valence electrons. The summed E-state index contributed by atoms with van der Waals surface area (Å²) in [7, 11) is -4.63. The van der Waals surface area contributed by atoms with Gasteiger partial charge in [0.2, 0.25) is 0 Å². The quantitative estimate of drug-likeness (QED) is 0.178. The van der Waals surface area contributed by atoms with Gasteiger partial charge in [-0.15, -0.1) is 10.2 Å². The number of rotatable bonds is 4. The molecule has 0 aliphatic rings. The van der Waals surface area contributed by atoms with Crippen LogP contribution in [0, 0.1) is 10.1 Å². The van der Waals surface area contributed by atoms with Crippen LogP contribution in [0.1, 0.15) is 0 Å². The molecule has 0 aliphatic heterocycles. The average Bonchev–Trinajstić information content (AvgIpc) is 2.71. The smallest absolute Gasteiger partial charge is 0.295 e. The molecule has 0 spiro atoms. The molecule has 0 fully saturated rings. The van der Waals surface area contributed by atoms with Crippen molar-refractivity contribution in [2.45, 2.75) is 4.90 Å². The van der Waals surface area contributed by atoms with Crippen molar-refractivity contribution in [3.05, 3.63) is 76.8 Å². The van der Waals surface area contributed by atoms with E-state index in [0.29, 0.717) is 5.39 Å². The molecule has 0 aromatic heterocycles. The van der Waals surface area contributed by atoms with Crippen LogP contribution in [0.5, 0.6) is 5.75 Å². The number of nitrogens with zero attached hydrogens (tertiary/aromatic N) is 3. The van der Waals surface area contributed by atoms with Crippen LogP contribution >= 0.6 is 0 Å². The second-order valence-electron chi connectivity index (χ2n) is 6.40. The van der Waals surface area contributed by atoms with Crippen LogP contribution in [0.15, 0.2) is 81.9 Å². The molecule has 0 unspecified atom stereocenters. The zero-order valence-corrected chi connectivity index (χ0v) is 17.6. The standard InChI is InChI=1S/C20H13N3O6S.Cr/c24-18-9-5-12-3-1-2-4-14(12)20(18)22-21-17-8-10-19(30(27,28)29)16-11-13(23(25)26)6-7-15(16)17;/h1-11,24H,(H,27,28,29);. The molecule has 4 rings (SSSR count). The molecule has 9 nitrogen and oxygen atoms in total. The van der Waals surface area contributed by atoms with Gasteiger partial charge in [-0.1, -0.05) is 30.3 Å². The molecule has 0 amide bonds. The molecule has 4 aromatic carbocycles. The van der Waals surface area contributed by atoms with E-state index in [1.807, 2.05) is 12.1 Å². The van der Waals surface area contributed by atoms with Crippen molar-refractivity contribution in [2.24, 2.45) is 10.2 Å². The Balaban J connectivity index is 0.00000272. The molecular weight excluding hydrogens is 462 g/mol. The van der Waals surface area contributed by atoms with Gasteiger partial charge in [0.1, 0.15) is 16.3 Å². The normalized spacial score (nSPS) is 11.6. The number of phenols is 1. The summed E-state index contributed by atoms with van der Waals surface area (Å²) >= 11 is 0. The van der Waals surface area contributed by atoms with Crippen molar-refractivity contribution < 1.29 is 40.4 Å². The first kappa shape index (κ1) is 22.3. The number of non-ortho nitro benzene ring substituents is 1. The van der Waals surface area contributed by atoms with Crippen LogP contribution in [-0.4, -0.2) is 23.0 Å². The minimum absolute atomic E-state index is 0. The fourth-order valence-electron chi connectivity index (χ4n) is 3.17. The summed E-state index contributed by atoms with van der Waals surface area (Å²) in [4.78, 5) is 9.94. The third-order valence-corrected chi connectivity index (χ3v) is 5.47. The first-order valence-electron chi connectivity index (χ1n) is 8.57. The summed E-state index contributed by atoms with van der Waals surface area (Å²) in [6, 6.07) is 16.5. The fraction of sp³-hybridized carbons (Fsp3) is 0. The fourth-order valence-corrected chi connectivity index (χ4v) is 3.86. The van der Waals surface area contributed by atoms with Gasteiger partial charge in [0.05, 0.1) is 10.6 Å². The Morgan fingerprint density at radius 1 is 0.871 bits per heavy atom. The molecule has 0 heterocycles. The number of hydrogen-bond donors (Lipinski definition) is 2. The number of nitro benzene ring substituents is 1. The zero-order valence-electron chi connectivity index (χ0n) is 15.5. The zero-order chi connectivity index (χ0) is 21.5. The molecular formula is C20H13CrN3O6S. The molecule has 4 aromatic rings. The number of phenolic OH excluding ortho intramolecular Hbond substituents is 1. The number of hydrogen-bond acceptors (Lipinski definition) is 7. The second-order valence-corrected chi connectivity index (χ2v) is 7.79. The van der Waals surface area contributed by atoms with Crippen molar-refractivity contribution in [3.63, 3.8) is 0 Å². The van der Waals surface area contributed by atoms with E-state index in [4.69, 9.17) is 0 Å². The van der Waals surface area contributed by atoms with E-state index >= 15 is 0 Å². The van der Waals surface area contributed by atoms with Crippen molar-refractivity contribution in [1.29, 1.82) is 0 Å². The second kappa shape index (κ2) is 8.41. The maximum atomic E-state index is 11.7. The summed E-state index contributed by atoms with van der Waals surface area (Å²) in [6.07, 6.45) is 0. The molecule has 0 bridgehead atoms. The van der Waals surface area contributed by atoms with Crippen LogP contribution in [0.25, 0.3) is 21.5 Å². The number of azo groups is 1. The van der Waals surface area contributed by atoms with Gasteiger partial charge < -0.3 is 5.11 Å². The maximum absolute atomic E-state index is 11.7. The van der Waals surface area contributed by atoms with Gasteiger partial charge in [-0.25, -0.2) is 0 Å². The van der Waals surface area contributed by atoms with Crippen molar-refractivity contribution in [1.82, 2.24) is 0 Å². The van der Waals surface area contributed by atoms with Crippen molar-refractivity contribution in [2.75, 3.05) is 0 Å². The maximum Gasteiger partial charge on any atom is 0.295 e. The number of benzene rings is 4. The van der Waals surface area contributed by atoms with E-state index in [-0.39, 0.29) is 50.9 Å². The molecule has 11 heteroatoms. The van der Waals surface area contributed by atoms with Gasteiger partial charge in [-0.2, -0.15) is 8.42 Å². The summed E-state index contributed by atoms with van der Waals surface area (Å²) in [5.74, 6) is -0.0908. The van der Waals surface area contributed by atoms with Crippen LogP contribution < -0.4 is 0 Å². The van der Waals surface area contributed by atoms with Gasteiger partial charge in [-0.05, 0) is 29.7 Å². The summed E-state index contributed by atoms with van der Waals surface area (Å²) in [5, 5.41) is 31.2. The van der Waals surface area contributed by atoms with Gasteiger partial charge in [0.25, 0.3) is 15.8 Å². The van der Waals surface area contributed by atoms with Crippen LogP contribution in [0.3, 0.4) is 0 Å². The largest absolute Gasteiger partial charge is 0.506 e. The van der Waals surface area contributed by atoms with E-state index < -0.39 is 19.9 Å². The Hall–Kier alpha value is -3.36. The summed E-state index contributed by atoms with van der Waals surface area (Å²) in [5.41, 5.74) is 0.0924. The van der Waals surface area contributed by atoms with Crippen molar-refractivity contribution >= 4 is 48.7 Å². The number of nitro groups is 1. The van der Waals surface area contributed by atoms with Gasteiger partial charge in [0, 0.05) is 45.7 Å². The number of aromatic hydroxyl groups is 1. The van der Waals surface area contributed by atoms with E-state index in [9.17, 15) is 28.2 Å². The Morgan fingerprint density at radius 3 is 2.32 bits per heavy atom. The third kappa shape index (κ3) is 4.26.